The first-order valence-corrected chi connectivity index (χ1v) is 4.09. The molecular formula is C8H10N6. The summed E-state index contributed by atoms with van der Waals surface area (Å²) in [7, 11) is 1.85. The van der Waals surface area contributed by atoms with Gasteiger partial charge in [-0.15, -0.1) is 0 Å². The molecule has 2 aromatic heterocycles. The van der Waals surface area contributed by atoms with Crippen molar-refractivity contribution in [2.24, 2.45) is 7.05 Å². The first kappa shape index (κ1) is 8.49. The number of rotatable bonds is 2. The van der Waals surface area contributed by atoms with Crippen LogP contribution in [0.5, 0.6) is 0 Å². The van der Waals surface area contributed by atoms with Gasteiger partial charge in [-0.2, -0.15) is 10.1 Å². The van der Waals surface area contributed by atoms with E-state index in [1.807, 2.05) is 19.3 Å². The molecule has 0 atom stereocenters. The van der Waals surface area contributed by atoms with Crippen molar-refractivity contribution in [3.63, 3.8) is 0 Å². The molecule has 0 saturated carbocycles. The maximum absolute atomic E-state index is 5.43. The summed E-state index contributed by atoms with van der Waals surface area (Å²) in [6, 6.07) is 3.57. The molecule has 0 aliphatic rings. The number of nitrogens with two attached hydrogens (primary N) is 1. The van der Waals surface area contributed by atoms with E-state index in [0.717, 1.165) is 5.82 Å². The SMILES string of the molecule is Cn1ccc(Nc2ccnc(N)n2)n1. The largest absolute Gasteiger partial charge is 0.368 e. The van der Waals surface area contributed by atoms with E-state index in [9.17, 15) is 0 Å². The zero-order valence-corrected chi connectivity index (χ0v) is 7.68. The first-order valence-electron chi connectivity index (χ1n) is 4.09. The standard InChI is InChI=1S/C8H10N6/c1-14-5-3-7(13-14)11-6-2-4-10-8(9)12-6/h2-5H,1H3,(H3,9,10,11,12,13). The average molecular weight is 190 g/mol. The van der Waals surface area contributed by atoms with Gasteiger partial charge in [0.1, 0.15) is 5.82 Å². The molecule has 72 valence electrons. The van der Waals surface area contributed by atoms with Crippen LogP contribution in [0.4, 0.5) is 17.6 Å². The highest BCUT2D eigenvalue weighted by molar-refractivity contribution is 5.51. The molecule has 0 unspecified atom stereocenters. The molecule has 0 amide bonds. The highest BCUT2D eigenvalue weighted by Gasteiger charge is 1.98. The number of aryl methyl sites for hydroxylation is 1. The monoisotopic (exact) mass is 190 g/mol. The van der Waals surface area contributed by atoms with Crippen LogP contribution in [0.3, 0.4) is 0 Å². The van der Waals surface area contributed by atoms with Crippen molar-refractivity contribution in [1.82, 2.24) is 19.7 Å². The molecule has 0 saturated heterocycles. The van der Waals surface area contributed by atoms with Crippen LogP contribution in [-0.2, 0) is 7.05 Å². The molecule has 0 aromatic carbocycles. The highest BCUT2D eigenvalue weighted by Crippen LogP contribution is 2.10. The third kappa shape index (κ3) is 1.79. The Kier molecular flexibility index (Phi) is 2.02. The average Bonchev–Trinajstić information content (AvgIpc) is 2.51. The lowest BCUT2D eigenvalue weighted by Gasteiger charge is -2.00. The van der Waals surface area contributed by atoms with Gasteiger partial charge in [0.2, 0.25) is 5.95 Å². The van der Waals surface area contributed by atoms with Crippen molar-refractivity contribution in [3.8, 4) is 0 Å². The van der Waals surface area contributed by atoms with Crippen LogP contribution >= 0.6 is 0 Å². The van der Waals surface area contributed by atoms with Gasteiger partial charge in [-0.3, -0.25) is 4.68 Å². The molecule has 0 bridgehead atoms. The fourth-order valence-corrected chi connectivity index (χ4v) is 1.06. The van der Waals surface area contributed by atoms with Crippen LogP contribution in [0.1, 0.15) is 0 Å². The third-order valence-electron chi connectivity index (χ3n) is 1.64. The molecule has 14 heavy (non-hydrogen) atoms. The number of nitrogens with zero attached hydrogens (tertiary/aromatic N) is 4. The Hall–Kier alpha value is -2.11. The summed E-state index contributed by atoms with van der Waals surface area (Å²) in [6.07, 6.45) is 3.43. The van der Waals surface area contributed by atoms with Crippen molar-refractivity contribution in [1.29, 1.82) is 0 Å². The molecule has 0 spiro atoms. The zero-order chi connectivity index (χ0) is 9.97. The number of hydrogen-bond donors (Lipinski definition) is 2. The molecule has 0 aliphatic heterocycles. The molecule has 0 fully saturated rings. The van der Waals surface area contributed by atoms with Crippen molar-refractivity contribution in [2.45, 2.75) is 0 Å². The van der Waals surface area contributed by atoms with E-state index in [-0.39, 0.29) is 5.95 Å². The third-order valence-corrected chi connectivity index (χ3v) is 1.64. The van der Waals surface area contributed by atoms with E-state index in [1.165, 1.54) is 0 Å². The van der Waals surface area contributed by atoms with E-state index >= 15 is 0 Å². The number of nitrogens with one attached hydrogen (secondary N) is 1. The lowest BCUT2D eigenvalue weighted by atomic mass is 10.5. The molecule has 2 aromatic rings. The van der Waals surface area contributed by atoms with Crippen LogP contribution in [-0.4, -0.2) is 19.7 Å². The van der Waals surface area contributed by atoms with Crippen molar-refractivity contribution < 1.29 is 0 Å². The summed E-state index contributed by atoms with van der Waals surface area (Å²) in [5.41, 5.74) is 5.43. The molecular weight excluding hydrogens is 180 g/mol. The molecule has 0 radical (unpaired) electrons. The maximum atomic E-state index is 5.43. The summed E-state index contributed by atoms with van der Waals surface area (Å²) in [5.74, 6) is 1.60. The molecule has 2 rings (SSSR count). The Morgan fingerprint density at radius 1 is 1.36 bits per heavy atom. The number of nitrogen functional groups attached to an aromatic ring is 1. The minimum Gasteiger partial charge on any atom is -0.368 e. The van der Waals surface area contributed by atoms with Crippen LogP contribution in [0.25, 0.3) is 0 Å². The second-order valence-electron chi connectivity index (χ2n) is 2.80. The van der Waals surface area contributed by atoms with E-state index in [4.69, 9.17) is 5.73 Å². The van der Waals surface area contributed by atoms with Crippen LogP contribution in [0.2, 0.25) is 0 Å². The van der Waals surface area contributed by atoms with Crippen LogP contribution < -0.4 is 11.1 Å². The summed E-state index contributed by atoms with van der Waals surface area (Å²) in [4.78, 5) is 7.77. The molecule has 6 heteroatoms. The summed E-state index contributed by atoms with van der Waals surface area (Å²) in [5, 5.41) is 7.14. The molecule has 3 N–H and O–H groups in total. The number of hydrogen-bond acceptors (Lipinski definition) is 5. The maximum Gasteiger partial charge on any atom is 0.221 e. The first-order chi connectivity index (χ1) is 6.74. The molecule has 6 nitrogen and oxygen atoms in total. The van der Waals surface area contributed by atoms with E-state index in [0.29, 0.717) is 5.82 Å². The summed E-state index contributed by atoms with van der Waals surface area (Å²) < 4.78 is 1.70. The Labute approximate surface area is 80.8 Å². The Morgan fingerprint density at radius 2 is 2.21 bits per heavy atom. The second-order valence-corrected chi connectivity index (χ2v) is 2.80. The minimum absolute atomic E-state index is 0.242. The minimum atomic E-state index is 0.242. The van der Waals surface area contributed by atoms with Gasteiger partial charge in [0.25, 0.3) is 0 Å². The van der Waals surface area contributed by atoms with Gasteiger partial charge >= 0.3 is 0 Å². The van der Waals surface area contributed by atoms with Crippen molar-refractivity contribution in [2.75, 3.05) is 11.1 Å². The van der Waals surface area contributed by atoms with Gasteiger partial charge in [-0.05, 0) is 6.07 Å². The highest BCUT2D eigenvalue weighted by atomic mass is 15.3. The topological polar surface area (TPSA) is 81.7 Å². The fraction of sp³-hybridized carbons (Fsp3) is 0.125. The molecule has 0 aliphatic carbocycles. The Morgan fingerprint density at radius 3 is 2.86 bits per heavy atom. The zero-order valence-electron chi connectivity index (χ0n) is 7.68. The smallest absolute Gasteiger partial charge is 0.221 e. The fourth-order valence-electron chi connectivity index (χ4n) is 1.06. The van der Waals surface area contributed by atoms with Crippen LogP contribution in [0.15, 0.2) is 24.5 Å². The Bertz CT molecular complexity index is 435. The Balaban J connectivity index is 2.18. The lowest BCUT2D eigenvalue weighted by molar-refractivity contribution is 0.771. The second kappa shape index (κ2) is 3.33. The van der Waals surface area contributed by atoms with Gasteiger partial charge < -0.3 is 11.1 Å². The predicted octanol–water partition coefficient (Wildman–Crippen LogP) is 0.536. The molecule has 2 heterocycles. The summed E-state index contributed by atoms with van der Waals surface area (Å²) in [6.45, 7) is 0. The van der Waals surface area contributed by atoms with Gasteiger partial charge in [-0.1, -0.05) is 0 Å². The number of aromatic nitrogens is 4. The van der Waals surface area contributed by atoms with E-state index < -0.39 is 0 Å². The van der Waals surface area contributed by atoms with Crippen molar-refractivity contribution >= 4 is 17.6 Å². The lowest BCUT2D eigenvalue weighted by Crippen LogP contribution is -1.99. The van der Waals surface area contributed by atoms with Crippen molar-refractivity contribution in [3.05, 3.63) is 24.5 Å². The van der Waals surface area contributed by atoms with E-state index in [1.54, 1.807) is 16.9 Å². The predicted molar refractivity (Wildman–Crippen MR) is 52.9 cm³/mol. The van der Waals surface area contributed by atoms with Crippen LogP contribution in [0, 0.1) is 0 Å². The number of anilines is 3. The normalized spacial score (nSPS) is 10.1. The van der Waals surface area contributed by atoms with Gasteiger partial charge in [0.05, 0.1) is 0 Å². The van der Waals surface area contributed by atoms with Gasteiger partial charge in [0, 0.05) is 25.5 Å². The van der Waals surface area contributed by atoms with E-state index in [2.05, 4.69) is 20.4 Å². The summed E-state index contributed by atoms with van der Waals surface area (Å²) >= 11 is 0. The van der Waals surface area contributed by atoms with Gasteiger partial charge in [-0.25, -0.2) is 4.98 Å². The van der Waals surface area contributed by atoms with Gasteiger partial charge in [0.15, 0.2) is 5.82 Å². The quantitative estimate of drug-likeness (QED) is 0.722.